The van der Waals surface area contributed by atoms with Crippen LogP contribution in [-0.2, 0) is 28.5 Å². The van der Waals surface area contributed by atoms with Crippen molar-refractivity contribution in [2.24, 2.45) is 0 Å². The molecule has 2 aromatic rings. The molecule has 0 saturated carbocycles. The molecular weight excluding hydrogens is 400 g/mol. The Hall–Kier alpha value is -1.63. The van der Waals surface area contributed by atoms with Crippen LogP contribution in [0.2, 0.25) is 5.15 Å². The van der Waals surface area contributed by atoms with E-state index in [1.54, 1.807) is 18.4 Å². The molecule has 4 heterocycles. The molecule has 146 valence electrons. The van der Waals surface area contributed by atoms with Gasteiger partial charge in [0.15, 0.2) is 22.8 Å². The summed E-state index contributed by atoms with van der Waals surface area (Å²) in [5.74, 6) is -0.855. The summed E-state index contributed by atoms with van der Waals surface area (Å²) < 4.78 is 47.3. The number of aromatic nitrogens is 4. The van der Waals surface area contributed by atoms with Crippen LogP contribution in [-0.4, -0.2) is 59.1 Å². The third-order valence-electron chi connectivity index (χ3n) is 4.32. The van der Waals surface area contributed by atoms with Crippen molar-refractivity contribution in [2.45, 2.75) is 44.2 Å². The van der Waals surface area contributed by atoms with Gasteiger partial charge in [-0.15, -0.1) is 0 Å². The first-order chi connectivity index (χ1) is 12.7. The van der Waals surface area contributed by atoms with E-state index in [-0.39, 0.29) is 5.15 Å². The summed E-state index contributed by atoms with van der Waals surface area (Å²) >= 11 is 6.06. The van der Waals surface area contributed by atoms with E-state index in [0.717, 1.165) is 12.5 Å². The fourth-order valence-corrected chi connectivity index (χ4v) is 3.86. The fraction of sp³-hybridized carbons (Fsp3) is 0.533. The van der Waals surface area contributed by atoms with E-state index in [1.807, 2.05) is 0 Å². The maximum Gasteiger partial charge on any atom is 0.289 e. The van der Waals surface area contributed by atoms with Crippen LogP contribution in [0.4, 0.5) is 0 Å². The van der Waals surface area contributed by atoms with Crippen molar-refractivity contribution in [1.29, 1.82) is 0 Å². The zero-order valence-electron chi connectivity index (χ0n) is 14.6. The van der Waals surface area contributed by atoms with Gasteiger partial charge in [0.25, 0.3) is 10.1 Å². The molecule has 2 aliphatic heterocycles. The Labute approximate surface area is 160 Å². The highest BCUT2D eigenvalue weighted by molar-refractivity contribution is 7.89. The van der Waals surface area contributed by atoms with Crippen LogP contribution in [0.1, 0.15) is 20.1 Å². The summed E-state index contributed by atoms with van der Waals surface area (Å²) in [6.07, 6.45) is 1.87. The van der Waals surface area contributed by atoms with Gasteiger partial charge in [-0.3, -0.25) is 8.75 Å². The number of nitrogens with zero attached hydrogens (tertiary/aromatic N) is 4. The minimum Gasteiger partial charge on any atom is -0.345 e. The summed E-state index contributed by atoms with van der Waals surface area (Å²) in [6, 6.07) is 0. The SMILES string of the molecule is COS(=O)(=O)/C=C/[C@H]1O[C@@H](n2cnc3c(Cl)ncnc32)[C@@H]2OC(C)(C)O[C@@H]21. The van der Waals surface area contributed by atoms with Gasteiger partial charge >= 0.3 is 0 Å². The topological polar surface area (TPSA) is 115 Å². The highest BCUT2D eigenvalue weighted by Crippen LogP contribution is 2.44. The molecule has 12 heteroatoms. The molecule has 0 bridgehead atoms. The Morgan fingerprint density at radius 1 is 1.26 bits per heavy atom. The summed E-state index contributed by atoms with van der Waals surface area (Å²) in [5.41, 5.74) is 0.902. The van der Waals surface area contributed by atoms with E-state index in [9.17, 15) is 8.42 Å². The molecule has 0 aromatic carbocycles. The van der Waals surface area contributed by atoms with E-state index in [1.165, 1.54) is 18.7 Å². The van der Waals surface area contributed by atoms with Crippen molar-refractivity contribution in [3.63, 3.8) is 0 Å². The number of rotatable bonds is 4. The molecule has 4 rings (SSSR count). The average Bonchev–Trinajstić information content (AvgIpc) is 3.25. The minimum absolute atomic E-state index is 0.222. The Morgan fingerprint density at radius 2 is 2.00 bits per heavy atom. The second-order valence-electron chi connectivity index (χ2n) is 6.53. The number of fused-ring (bicyclic) bond motifs is 2. The van der Waals surface area contributed by atoms with E-state index < -0.39 is 40.4 Å². The van der Waals surface area contributed by atoms with Gasteiger partial charge in [-0.1, -0.05) is 11.6 Å². The van der Waals surface area contributed by atoms with Crippen LogP contribution < -0.4 is 0 Å². The lowest BCUT2D eigenvalue weighted by atomic mass is 10.1. The maximum atomic E-state index is 11.6. The van der Waals surface area contributed by atoms with Crippen LogP contribution in [0.25, 0.3) is 11.2 Å². The van der Waals surface area contributed by atoms with Crippen molar-refractivity contribution in [3.8, 4) is 0 Å². The third-order valence-corrected chi connectivity index (χ3v) is 5.55. The van der Waals surface area contributed by atoms with Crippen LogP contribution in [0, 0.1) is 0 Å². The molecule has 2 aliphatic rings. The zero-order valence-corrected chi connectivity index (χ0v) is 16.2. The van der Waals surface area contributed by atoms with Crippen molar-refractivity contribution < 1.29 is 26.8 Å². The fourth-order valence-electron chi connectivity index (χ4n) is 3.23. The van der Waals surface area contributed by atoms with Gasteiger partial charge in [-0.2, -0.15) is 8.42 Å². The summed E-state index contributed by atoms with van der Waals surface area (Å²) in [7, 11) is -2.71. The van der Waals surface area contributed by atoms with Gasteiger partial charge in [-0.05, 0) is 19.9 Å². The highest BCUT2D eigenvalue weighted by Gasteiger charge is 2.55. The largest absolute Gasteiger partial charge is 0.345 e. The summed E-state index contributed by atoms with van der Waals surface area (Å²) in [6.45, 7) is 3.56. The number of imidazole rings is 1. The Bertz CT molecular complexity index is 1010. The van der Waals surface area contributed by atoms with E-state index >= 15 is 0 Å². The van der Waals surface area contributed by atoms with Gasteiger partial charge in [0.1, 0.15) is 30.2 Å². The van der Waals surface area contributed by atoms with Crippen molar-refractivity contribution in [1.82, 2.24) is 19.5 Å². The van der Waals surface area contributed by atoms with Crippen LogP contribution in [0.3, 0.4) is 0 Å². The molecule has 2 saturated heterocycles. The minimum atomic E-state index is -3.79. The lowest BCUT2D eigenvalue weighted by molar-refractivity contribution is -0.191. The van der Waals surface area contributed by atoms with E-state index in [2.05, 4.69) is 19.1 Å². The standard InChI is InChI=1S/C15H17ClN4O6S/c1-15(2)25-10-8(4-5-27(21,22)23-3)24-14(11(10)26-15)20-7-19-9-12(16)17-6-18-13(9)20/h4-8,10-11,14H,1-3H3/b5-4+/t8-,10-,11-,14-/m1/s1. The van der Waals surface area contributed by atoms with Crippen LogP contribution in [0.15, 0.2) is 24.1 Å². The van der Waals surface area contributed by atoms with Gasteiger partial charge in [-0.25, -0.2) is 15.0 Å². The maximum absolute atomic E-state index is 11.6. The van der Waals surface area contributed by atoms with Crippen molar-refractivity contribution in [2.75, 3.05) is 7.11 Å². The van der Waals surface area contributed by atoms with E-state index in [4.69, 9.17) is 25.8 Å². The van der Waals surface area contributed by atoms with Crippen LogP contribution in [0.5, 0.6) is 0 Å². The lowest BCUT2D eigenvalue weighted by Gasteiger charge is -2.23. The molecule has 0 N–H and O–H groups in total. The molecule has 0 aliphatic carbocycles. The van der Waals surface area contributed by atoms with Gasteiger partial charge < -0.3 is 14.2 Å². The monoisotopic (exact) mass is 416 g/mol. The molecule has 2 aromatic heterocycles. The Kier molecular flexibility index (Phi) is 4.48. The number of halogens is 1. The molecular formula is C15H17ClN4O6S. The first kappa shape index (κ1) is 18.7. The van der Waals surface area contributed by atoms with Crippen molar-refractivity contribution in [3.05, 3.63) is 29.3 Å². The number of ether oxygens (including phenoxy) is 3. The molecule has 0 radical (unpaired) electrons. The predicted octanol–water partition coefficient (Wildman–Crippen LogP) is 1.39. The molecule has 4 atom stereocenters. The molecule has 0 spiro atoms. The molecule has 10 nitrogen and oxygen atoms in total. The summed E-state index contributed by atoms with van der Waals surface area (Å²) in [5, 5.41) is 1.16. The van der Waals surface area contributed by atoms with Gasteiger partial charge in [0.2, 0.25) is 0 Å². The van der Waals surface area contributed by atoms with Crippen LogP contribution >= 0.6 is 11.6 Å². The highest BCUT2D eigenvalue weighted by atomic mass is 35.5. The molecule has 0 unspecified atom stereocenters. The normalized spacial score (nSPS) is 30.4. The molecule has 0 amide bonds. The first-order valence-corrected chi connectivity index (χ1v) is 9.89. The number of hydrogen-bond acceptors (Lipinski definition) is 9. The average molecular weight is 417 g/mol. The van der Waals surface area contributed by atoms with Gasteiger partial charge in [0, 0.05) is 0 Å². The second kappa shape index (κ2) is 6.47. The Morgan fingerprint density at radius 3 is 2.74 bits per heavy atom. The molecule has 27 heavy (non-hydrogen) atoms. The quantitative estimate of drug-likeness (QED) is 0.538. The molecule has 2 fully saturated rings. The third kappa shape index (κ3) is 3.35. The first-order valence-electron chi connectivity index (χ1n) is 8.04. The van der Waals surface area contributed by atoms with E-state index in [0.29, 0.717) is 11.2 Å². The Balaban J connectivity index is 1.72. The predicted molar refractivity (Wildman–Crippen MR) is 93.1 cm³/mol. The zero-order chi connectivity index (χ0) is 19.4. The van der Waals surface area contributed by atoms with Gasteiger partial charge in [0.05, 0.1) is 18.8 Å². The lowest BCUT2D eigenvalue weighted by Crippen LogP contribution is -2.28. The number of hydrogen-bond donors (Lipinski definition) is 0. The smallest absolute Gasteiger partial charge is 0.289 e. The van der Waals surface area contributed by atoms with Crippen molar-refractivity contribution >= 4 is 32.9 Å². The summed E-state index contributed by atoms with van der Waals surface area (Å²) in [4.78, 5) is 12.4. The second-order valence-corrected chi connectivity index (χ2v) is 8.48.